The Morgan fingerprint density at radius 1 is 1.00 bits per heavy atom. The zero-order valence-corrected chi connectivity index (χ0v) is 16.7. The summed E-state index contributed by atoms with van der Waals surface area (Å²) in [6, 6.07) is 2.42. The molecule has 0 radical (unpaired) electrons. The van der Waals surface area contributed by atoms with E-state index >= 15 is 0 Å². The summed E-state index contributed by atoms with van der Waals surface area (Å²) in [5.74, 6) is -4.76. The second-order valence-electron chi connectivity index (χ2n) is 7.36. The number of allylic oxidation sites excluding steroid dienone is 3. The normalized spacial score (nSPS) is 18.8. The Morgan fingerprint density at radius 3 is 1.83 bits per heavy atom. The van der Waals surface area contributed by atoms with Crippen LogP contribution >= 0.6 is 0 Å². The molecule has 0 bridgehead atoms. The molecule has 0 aromatic heterocycles. The molecule has 0 saturated heterocycles. The van der Waals surface area contributed by atoms with Crippen LogP contribution in [0.5, 0.6) is 0 Å². The van der Waals surface area contributed by atoms with E-state index in [0.29, 0.717) is 5.70 Å². The average Bonchev–Trinajstić information content (AvgIpc) is 2.88. The van der Waals surface area contributed by atoms with Crippen molar-refractivity contribution in [3.8, 4) is 0 Å². The first-order chi connectivity index (χ1) is 13.5. The van der Waals surface area contributed by atoms with Crippen molar-refractivity contribution >= 4 is 34.9 Å². The fourth-order valence-corrected chi connectivity index (χ4v) is 3.73. The Morgan fingerprint density at radius 2 is 1.48 bits per heavy atom. The molecule has 1 aliphatic heterocycles. The molecule has 1 fully saturated rings. The van der Waals surface area contributed by atoms with Crippen molar-refractivity contribution in [2.75, 3.05) is 26.0 Å². The number of carbonyl (C=O) groups is 4. The Bertz CT molecular complexity index is 1050. The van der Waals surface area contributed by atoms with Gasteiger partial charge in [0.25, 0.3) is 0 Å². The van der Waals surface area contributed by atoms with Crippen molar-refractivity contribution in [1.82, 2.24) is 0 Å². The van der Waals surface area contributed by atoms with E-state index < -0.39 is 29.4 Å². The van der Waals surface area contributed by atoms with Crippen molar-refractivity contribution < 1.29 is 34.0 Å². The minimum atomic E-state index is -1.34. The topological polar surface area (TPSA) is 115 Å². The van der Waals surface area contributed by atoms with Crippen molar-refractivity contribution in [1.29, 1.82) is 0 Å². The standard InChI is InChI=1S/C21H20N2O6/c1-9-6-14(23(5)10(9)2)16-18(24)15(19(16)25)11-7-12(20(26)27)17(22(3)4)13(8-11)21(28)29/h6-8,15H,1-5H3,(H-,26,27,28,29)/p+1. The maximum absolute atomic E-state index is 12.9. The van der Waals surface area contributed by atoms with Crippen LogP contribution in [0.15, 0.2) is 35.1 Å². The first kappa shape index (κ1) is 20.2. The van der Waals surface area contributed by atoms with E-state index in [0.717, 1.165) is 11.3 Å². The van der Waals surface area contributed by atoms with E-state index in [1.54, 1.807) is 17.7 Å². The summed E-state index contributed by atoms with van der Waals surface area (Å²) in [4.78, 5) is 50.5. The van der Waals surface area contributed by atoms with Gasteiger partial charge in [-0.05, 0) is 24.6 Å². The van der Waals surface area contributed by atoms with Gasteiger partial charge in [0.15, 0.2) is 17.3 Å². The summed E-state index contributed by atoms with van der Waals surface area (Å²) >= 11 is 0. The SMILES string of the molecule is CC1=CC(=C2C(=O)C(c3cc(C(=O)O)c(N(C)C)c(C(=O)O)c3)C2=O)[N+](C)=C1C. The number of benzene rings is 1. The predicted molar refractivity (Wildman–Crippen MR) is 105 cm³/mol. The smallest absolute Gasteiger partial charge is 0.337 e. The summed E-state index contributed by atoms with van der Waals surface area (Å²) in [7, 11) is 4.81. The highest BCUT2D eigenvalue weighted by molar-refractivity contribution is 6.42. The molecule has 0 amide bonds. The molecule has 29 heavy (non-hydrogen) atoms. The Hall–Kier alpha value is -3.55. The molecule has 0 spiro atoms. The number of rotatable bonds is 4. The molecule has 2 N–H and O–H groups in total. The van der Waals surface area contributed by atoms with Gasteiger partial charge in [-0.2, -0.15) is 4.58 Å². The summed E-state index contributed by atoms with van der Waals surface area (Å²) in [5.41, 5.74) is 1.96. The van der Waals surface area contributed by atoms with Crippen molar-refractivity contribution in [2.45, 2.75) is 19.8 Å². The number of anilines is 1. The number of carboxylic acids is 2. The second kappa shape index (κ2) is 6.80. The van der Waals surface area contributed by atoms with E-state index in [-0.39, 0.29) is 28.0 Å². The van der Waals surface area contributed by atoms with Crippen LogP contribution in [0.1, 0.15) is 46.0 Å². The number of aromatic carboxylic acids is 2. The lowest BCUT2D eigenvalue weighted by Crippen LogP contribution is -2.41. The number of hydrogen-bond acceptors (Lipinski definition) is 5. The number of Topliss-reactive ketones (excluding diaryl/α,β-unsaturated/α-hetero) is 2. The minimum Gasteiger partial charge on any atom is -0.478 e. The second-order valence-corrected chi connectivity index (χ2v) is 7.36. The molecule has 2 aliphatic rings. The zero-order chi connectivity index (χ0) is 21.8. The number of likely N-dealkylation sites (N-methyl/N-ethyl adjacent to an activating group) is 1. The highest BCUT2D eigenvalue weighted by Crippen LogP contribution is 2.40. The van der Waals surface area contributed by atoms with Gasteiger partial charge in [-0.1, -0.05) is 0 Å². The molecule has 8 heteroatoms. The molecule has 1 aromatic rings. The highest BCUT2D eigenvalue weighted by Gasteiger charge is 2.50. The fraction of sp³-hybridized carbons (Fsp3) is 0.286. The van der Waals surface area contributed by atoms with Crippen LogP contribution < -0.4 is 4.90 Å². The van der Waals surface area contributed by atoms with Gasteiger partial charge in [-0.3, -0.25) is 9.59 Å². The monoisotopic (exact) mass is 397 g/mol. The zero-order valence-electron chi connectivity index (χ0n) is 16.7. The van der Waals surface area contributed by atoms with Crippen molar-refractivity contribution in [3.05, 3.63) is 51.7 Å². The highest BCUT2D eigenvalue weighted by atomic mass is 16.4. The first-order valence-electron chi connectivity index (χ1n) is 8.87. The van der Waals surface area contributed by atoms with Gasteiger partial charge < -0.3 is 15.1 Å². The molecule has 1 saturated carbocycles. The molecule has 1 aliphatic carbocycles. The largest absolute Gasteiger partial charge is 0.478 e. The Labute approximate surface area is 167 Å². The van der Waals surface area contributed by atoms with Gasteiger partial charge in [-0.25, -0.2) is 9.59 Å². The van der Waals surface area contributed by atoms with Gasteiger partial charge in [-0.15, -0.1) is 0 Å². The van der Waals surface area contributed by atoms with Gasteiger partial charge >= 0.3 is 11.9 Å². The number of carbonyl (C=O) groups excluding carboxylic acids is 2. The third-order valence-corrected chi connectivity index (χ3v) is 5.44. The lowest BCUT2D eigenvalue weighted by molar-refractivity contribution is -0.435. The van der Waals surface area contributed by atoms with Crippen molar-refractivity contribution in [2.24, 2.45) is 0 Å². The van der Waals surface area contributed by atoms with Crippen LogP contribution in [0.2, 0.25) is 0 Å². The average molecular weight is 397 g/mol. The van der Waals surface area contributed by atoms with Crippen LogP contribution in [-0.2, 0) is 9.59 Å². The molecular weight excluding hydrogens is 376 g/mol. The summed E-state index contributed by atoms with van der Waals surface area (Å²) < 4.78 is 1.76. The maximum atomic E-state index is 12.9. The minimum absolute atomic E-state index is 0.00542. The van der Waals surface area contributed by atoms with Crippen LogP contribution in [0.4, 0.5) is 5.69 Å². The lowest BCUT2D eigenvalue weighted by atomic mass is 9.71. The Balaban J connectivity index is 2.15. The summed E-state index contributed by atoms with van der Waals surface area (Å²) in [6.07, 6.45) is 1.76. The number of nitrogens with zero attached hydrogens (tertiary/aromatic N) is 2. The number of hydrogen-bond donors (Lipinski definition) is 2. The molecule has 0 atom stereocenters. The molecule has 8 nitrogen and oxygen atoms in total. The lowest BCUT2D eigenvalue weighted by Gasteiger charge is -2.27. The summed E-state index contributed by atoms with van der Waals surface area (Å²) in [5, 5.41) is 19.1. The quantitative estimate of drug-likeness (QED) is 0.344. The van der Waals surface area contributed by atoms with Crippen LogP contribution in [0.25, 0.3) is 0 Å². The fourth-order valence-electron chi connectivity index (χ4n) is 3.73. The molecule has 0 unspecified atom stereocenters. The predicted octanol–water partition coefficient (Wildman–Crippen LogP) is 1.70. The summed E-state index contributed by atoms with van der Waals surface area (Å²) in [6.45, 7) is 3.76. The van der Waals surface area contributed by atoms with E-state index in [9.17, 15) is 29.4 Å². The van der Waals surface area contributed by atoms with E-state index in [1.165, 1.54) is 31.1 Å². The van der Waals surface area contributed by atoms with Crippen LogP contribution in [0.3, 0.4) is 0 Å². The van der Waals surface area contributed by atoms with E-state index in [1.807, 2.05) is 13.8 Å². The van der Waals surface area contributed by atoms with E-state index in [2.05, 4.69) is 0 Å². The van der Waals surface area contributed by atoms with Gasteiger partial charge in [0.05, 0.1) is 16.8 Å². The molecule has 1 aromatic carbocycles. The number of ketones is 2. The Kier molecular flexibility index (Phi) is 4.74. The van der Waals surface area contributed by atoms with Gasteiger partial charge in [0.1, 0.15) is 18.5 Å². The molecule has 150 valence electrons. The molecule has 1 heterocycles. The van der Waals surface area contributed by atoms with Crippen LogP contribution in [0, 0.1) is 0 Å². The molecular formula is C21H21N2O6+. The third kappa shape index (κ3) is 2.97. The molecule has 3 rings (SSSR count). The van der Waals surface area contributed by atoms with E-state index in [4.69, 9.17) is 0 Å². The third-order valence-electron chi connectivity index (χ3n) is 5.44. The number of carboxylic acid groups (broad SMARTS) is 2. The van der Waals surface area contributed by atoms with Gasteiger partial charge in [0.2, 0.25) is 5.70 Å². The van der Waals surface area contributed by atoms with Crippen molar-refractivity contribution in [3.63, 3.8) is 0 Å². The van der Waals surface area contributed by atoms with Gasteiger partial charge in [0, 0.05) is 32.7 Å². The van der Waals surface area contributed by atoms with Crippen LogP contribution in [-0.4, -0.2) is 65.1 Å². The first-order valence-corrected chi connectivity index (χ1v) is 8.87. The maximum Gasteiger partial charge on any atom is 0.337 e.